The first-order valence-electron chi connectivity index (χ1n) is 6.62. The standard InChI is InChI=1S/C16H8Cl2F3NOS/c17-10-7-8(16(19,20)21)5-6-11(10)22-15(23)14-13(18)9-3-1-2-4-12(9)24-14/h1-7H,(H,22,23). The summed E-state index contributed by atoms with van der Waals surface area (Å²) in [5.74, 6) is -0.525. The van der Waals surface area contributed by atoms with Crippen molar-refractivity contribution in [2.75, 3.05) is 5.32 Å². The van der Waals surface area contributed by atoms with Crippen LogP contribution in [0.25, 0.3) is 10.1 Å². The monoisotopic (exact) mass is 389 g/mol. The van der Waals surface area contributed by atoms with E-state index in [1.165, 1.54) is 11.3 Å². The zero-order chi connectivity index (χ0) is 17.5. The molecule has 0 unspecified atom stereocenters. The molecule has 0 aliphatic rings. The Morgan fingerprint density at radius 3 is 2.42 bits per heavy atom. The molecule has 0 fully saturated rings. The van der Waals surface area contributed by atoms with Crippen molar-refractivity contribution in [1.82, 2.24) is 0 Å². The summed E-state index contributed by atoms with van der Waals surface area (Å²) in [6, 6.07) is 9.98. The Balaban J connectivity index is 1.90. The topological polar surface area (TPSA) is 29.1 Å². The van der Waals surface area contributed by atoms with Gasteiger partial charge in [-0.15, -0.1) is 11.3 Å². The van der Waals surface area contributed by atoms with Crippen molar-refractivity contribution in [3.8, 4) is 0 Å². The predicted octanol–water partition coefficient (Wildman–Crippen LogP) is 6.48. The maximum atomic E-state index is 12.6. The fraction of sp³-hybridized carbons (Fsp3) is 0.0625. The van der Waals surface area contributed by atoms with Crippen LogP contribution in [0.2, 0.25) is 10.0 Å². The fourth-order valence-electron chi connectivity index (χ4n) is 2.13. The minimum absolute atomic E-state index is 0.0863. The van der Waals surface area contributed by atoms with Gasteiger partial charge in [0, 0.05) is 10.1 Å². The maximum Gasteiger partial charge on any atom is 0.416 e. The Bertz CT molecular complexity index is 937. The lowest BCUT2D eigenvalue weighted by atomic mass is 10.2. The van der Waals surface area contributed by atoms with E-state index in [1.54, 1.807) is 12.1 Å². The summed E-state index contributed by atoms with van der Waals surface area (Å²) in [6.45, 7) is 0. The van der Waals surface area contributed by atoms with Gasteiger partial charge in [0.25, 0.3) is 5.91 Å². The summed E-state index contributed by atoms with van der Waals surface area (Å²) >= 11 is 13.2. The third-order valence-electron chi connectivity index (χ3n) is 3.29. The third-order valence-corrected chi connectivity index (χ3v) is 5.27. The molecule has 0 aliphatic carbocycles. The molecule has 0 spiro atoms. The Kier molecular flexibility index (Phi) is 4.46. The van der Waals surface area contributed by atoms with Gasteiger partial charge in [-0.1, -0.05) is 41.4 Å². The molecule has 0 saturated carbocycles. The average molecular weight is 390 g/mol. The number of rotatable bonds is 2. The Morgan fingerprint density at radius 1 is 1.08 bits per heavy atom. The van der Waals surface area contributed by atoms with Crippen molar-refractivity contribution >= 4 is 56.2 Å². The highest BCUT2D eigenvalue weighted by Crippen LogP contribution is 2.37. The summed E-state index contributed by atoms with van der Waals surface area (Å²) in [4.78, 5) is 12.6. The van der Waals surface area contributed by atoms with Crippen LogP contribution < -0.4 is 5.32 Å². The van der Waals surface area contributed by atoms with Crippen molar-refractivity contribution in [3.63, 3.8) is 0 Å². The Labute approximate surface area is 148 Å². The second-order valence-electron chi connectivity index (χ2n) is 4.89. The highest BCUT2D eigenvalue weighted by molar-refractivity contribution is 7.21. The number of benzene rings is 2. The number of alkyl halides is 3. The van der Waals surface area contributed by atoms with Crippen molar-refractivity contribution in [2.24, 2.45) is 0 Å². The van der Waals surface area contributed by atoms with E-state index in [2.05, 4.69) is 5.32 Å². The lowest BCUT2D eigenvalue weighted by Gasteiger charge is -2.10. The van der Waals surface area contributed by atoms with E-state index >= 15 is 0 Å². The minimum atomic E-state index is -4.50. The molecular weight excluding hydrogens is 382 g/mol. The number of amides is 1. The van der Waals surface area contributed by atoms with Crippen LogP contribution in [0.15, 0.2) is 42.5 Å². The lowest BCUT2D eigenvalue weighted by Crippen LogP contribution is -2.12. The summed E-state index contributed by atoms with van der Waals surface area (Å²) in [6.07, 6.45) is -4.50. The molecule has 2 nitrogen and oxygen atoms in total. The molecule has 0 radical (unpaired) electrons. The molecule has 1 amide bonds. The number of anilines is 1. The van der Waals surface area contributed by atoms with E-state index in [4.69, 9.17) is 23.2 Å². The van der Waals surface area contributed by atoms with Gasteiger partial charge in [0.2, 0.25) is 0 Å². The van der Waals surface area contributed by atoms with E-state index in [0.29, 0.717) is 5.02 Å². The SMILES string of the molecule is O=C(Nc1ccc(C(F)(F)F)cc1Cl)c1sc2ccccc2c1Cl. The number of fused-ring (bicyclic) bond motifs is 1. The molecule has 124 valence electrons. The van der Waals surface area contributed by atoms with E-state index in [9.17, 15) is 18.0 Å². The largest absolute Gasteiger partial charge is 0.416 e. The summed E-state index contributed by atoms with van der Waals surface area (Å²) in [7, 11) is 0. The van der Waals surface area contributed by atoms with Crippen LogP contribution in [-0.4, -0.2) is 5.91 Å². The first-order chi connectivity index (χ1) is 11.3. The molecular formula is C16H8Cl2F3NOS. The Morgan fingerprint density at radius 2 is 1.79 bits per heavy atom. The van der Waals surface area contributed by atoms with Gasteiger partial charge in [0.05, 0.1) is 21.3 Å². The smallest absolute Gasteiger partial charge is 0.320 e. The predicted molar refractivity (Wildman–Crippen MR) is 91.2 cm³/mol. The van der Waals surface area contributed by atoms with E-state index in [-0.39, 0.29) is 15.6 Å². The van der Waals surface area contributed by atoms with Crippen LogP contribution >= 0.6 is 34.5 Å². The highest BCUT2D eigenvalue weighted by atomic mass is 35.5. The number of halogens is 5. The number of nitrogens with one attached hydrogen (secondary N) is 1. The van der Waals surface area contributed by atoms with Gasteiger partial charge in [-0.3, -0.25) is 4.79 Å². The van der Waals surface area contributed by atoms with E-state index < -0.39 is 17.6 Å². The van der Waals surface area contributed by atoms with Gasteiger partial charge in [-0.2, -0.15) is 13.2 Å². The van der Waals surface area contributed by atoms with Crippen LogP contribution in [0.5, 0.6) is 0 Å². The summed E-state index contributed by atoms with van der Waals surface area (Å²) in [5.41, 5.74) is -0.798. The molecule has 0 bridgehead atoms. The van der Waals surface area contributed by atoms with Gasteiger partial charge < -0.3 is 5.32 Å². The van der Waals surface area contributed by atoms with Gasteiger partial charge in [0.1, 0.15) is 4.88 Å². The van der Waals surface area contributed by atoms with E-state index in [0.717, 1.165) is 28.3 Å². The summed E-state index contributed by atoms with van der Waals surface area (Å²) in [5, 5.41) is 3.34. The molecule has 24 heavy (non-hydrogen) atoms. The quantitative estimate of drug-likeness (QED) is 0.533. The van der Waals surface area contributed by atoms with Crippen molar-refractivity contribution in [1.29, 1.82) is 0 Å². The summed E-state index contributed by atoms with van der Waals surface area (Å²) < 4.78 is 38.7. The van der Waals surface area contributed by atoms with Crippen LogP contribution in [0.1, 0.15) is 15.2 Å². The van der Waals surface area contributed by atoms with Gasteiger partial charge >= 0.3 is 6.18 Å². The first-order valence-corrected chi connectivity index (χ1v) is 8.20. The number of carbonyl (C=O) groups is 1. The number of hydrogen-bond donors (Lipinski definition) is 1. The van der Waals surface area contributed by atoms with Gasteiger partial charge in [0.15, 0.2) is 0 Å². The Hall–Kier alpha value is -1.76. The van der Waals surface area contributed by atoms with Crippen molar-refractivity contribution in [2.45, 2.75) is 6.18 Å². The molecule has 0 aliphatic heterocycles. The normalized spacial score (nSPS) is 11.7. The molecule has 3 rings (SSSR count). The molecule has 0 atom stereocenters. The molecule has 1 N–H and O–H groups in total. The van der Waals surface area contributed by atoms with E-state index in [1.807, 2.05) is 12.1 Å². The molecule has 2 aromatic carbocycles. The first kappa shape index (κ1) is 17.1. The highest BCUT2D eigenvalue weighted by Gasteiger charge is 2.31. The van der Waals surface area contributed by atoms with Crippen molar-refractivity contribution < 1.29 is 18.0 Å². The lowest BCUT2D eigenvalue weighted by molar-refractivity contribution is -0.137. The van der Waals surface area contributed by atoms with Crippen molar-refractivity contribution in [3.05, 3.63) is 63.0 Å². The second-order valence-corrected chi connectivity index (χ2v) is 6.73. The molecule has 3 aromatic rings. The van der Waals surface area contributed by atoms with Gasteiger partial charge in [-0.25, -0.2) is 0 Å². The fourth-order valence-corrected chi connectivity index (χ4v) is 3.77. The average Bonchev–Trinajstić information content (AvgIpc) is 2.86. The van der Waals surface area contributed by atoms with Crippen LogP contribution in [-0.2, 0) is 6.18 Å². The molecule has 0 saturated heterocycles. The van der Waals surface area contributed by atoms with Crippen LogP contribution in [0.4, 0.5) is 18.9 Å². The van der Waals surface area contributed by atoms with Crippen LogP contribution in [0.3, 0.4) is 0 Å². The number of thiophene rings is 1. The maximum absolute atomic E-state index is 12.6. The molecule has 1 aromatic heterocycles. The number of hydrogen-bond acceptors (Lipinski definition) is 2. The number of carbonyl (C=O) groups excluding carboxylic acids is 1. The zero-order valence-corrected chi connectivity index (χ0v) is 14.1. The zero-order valence-electron chi connectivity index (χ0n) is 11.7. The van der Waals surface area contributed by atoms with Gasteiger partial charge in [-0.05, 0) is 24.3 Å². The second kappa shape index (κ2) is 6.27. The molecule has 8 heteroatoms. The third kappa shape index (κ3) is 3.22. The van der Waals surface area contributed by atoms with Crippen LogP contribution in [0, 0.1) is 0 Å². The molecule has 1 heterocycles. The minimum Gasteiger partial charge on any atom is -0.320 e.